The van der Waals surface area contributed by atoms with Crippen molar-refractivity contribution in [2.75, 3.05) is 72.2 Å². The zero-order chi connectivity index (χ0) is 24.5. The number of hydrogen-bond donors (Lipinski definition) is 0. The molecule has 0 N–H and O–H groups in total. The lowest BCUT2D eigenvalue weighted by atomic mass is 9.89. The van der Waals surface area contributed by atoms with Crippen molar-refractivity contribution in [3.05, 3.63) is 29.8 Å². The zero-order valence-corrected chi connectivity index (χ0v) is 22.9. The molecule has 0 spiro atoms. The number of piperazine rings is 1. The molecule has 37 heavy (non-hydrogen) atoms. The quantitative estimate of drug-likeness (QED) is 0.354. The number of amides is 1. The number of rotatable bonds is 8. The Hall–Kier alpha value is -1.91. The fourth-order valence-electron chi connectivity index (χ4n) is 4.82. The van der Waals surface area contributed by atoms with Crippen molar-refractivity contribution in [3.63, 3.8) is 0 Å². The molecule has 0 unspecified atom stereocenters. The van der Waals surface area contributed by atoms with Crippen molar-refractivity contribution in [1.82, 2.24) is 14.7 Å². The third kappa shape index (κ3) is 9.72. The molecule has 0 atom stereocenters. The van der Waals surface area contributed by atoms with Gasteiger partial charge in [-0.2, -0.15) is 0 Å². The predicted molar refractivity (Wildman–Crippen MR) is 144 cm³/mol. The summed E-state index contributed by atoms with van der Waals surface area (Å²) in [5.41, 5.74) is 0.439. The normalized spacial score (nSPS) is 19.3. The van der Waals surface area contributed by atoms with E-state index in [-0.39, 0.29) is 48.6 Å². The van der Waals surface area contributed by atoms with Crippen molar-refractivity contribution >= 4 is 42.7 Å². The molecule has 11 heteroatoms. The smallest absolute Gasteiger partial charge is 0.338 e. The highest BCUT2D eigenvalue weighted by Crippen LogP contribution is 2.25. The molecule has 0 radical (unpaired) electrons. The van der Waals surface area contributed by atoms with E-state index in [9.17, 15) is 14.4 Å². The summed E-state index contributed by atoms with van der Waals surface area (Å²) in [5, 5.41) is 0. The number of carbonyl (C=O) groups excluding carboxylic acids is 3. The number of halogens is 2. The maximum atomic E-state index is 12.4. The Kier molecular flexibility index (Phi) is 13.7. The van der Waals surface area contributed by atoms with E-state index < -0.39 is 0 Å². The molecule has 0 bridgehead atoms. The van der Waals surface area contributed by atoms with Crippen LogP contribution in [0.15, 0.2) is 24.3 Å². The standard InChI is InChI=1S/C26H37N3O6.2ClH/c30-24(29-15-17-33-18-16-29)20-28-12-10-27(11-13-28)14-19-34-25(31)22-6-8-23(9-7-22)35-26(32)21-4-2-1-3-5-21;;/h6-9,21H,1-5,10-20H2;2*1H. The van der Waals surface area contributed by atoms with Crippen molar-refractivity contribution in [2.24, 2.45) is 5.92 Å². The van der Waals surface area contributed by atoms with Crippen LogP contribution in [0.25, 0.3) is 0 Å². The van der Waals surface area contributed by atoms with Crippen LogP contribution in [0.5, 0.6) is 5.75 Å². The van der Waals surface area contributed by atoms with Gasteiger partial charge in [0.25, 0.3) is 0 Å². The second-order valence-corrected chi connectivity index (χ2v) is 9.53. The van der Waals surface area contributed by atoms with Crippen LogP contribution in [0.2, 0.25) is 0 Å². The molecule has 3 aliphatic rings. The zero-order valence-electron chi connectivity index (χ0n) is 21.3. The van der Waals surface area contributed by atoms with Crippen LogP contribution < -0.4 is 4.74 Å². The third-order valence-corrected chi connectivity index (χ3v) is 7.08. The number of hydrogen-bond acceptors (Lipinski definition) is 8. The van der Waals surface area contributed by atoms with Gasteiger partial charge in [0, 0.05) is 45.8 Å². The van der Waals surface area contributed by atoms with Gasteiger partial charge < -0.3 is 19.1 Å². The molecule has 208 valence electrons. The van der Waals surface area contributed by atoms with E-state index in [0.29, 0.717) is 57.3 Å². The Labute approximate surface area is 231 Å². The van der Waals surface area contributed by atoms with E-state index in [0.717, 1.165) is 51.9 Å². The molecular formula is C26H39Cl2N3O6. The van der Waals surface area contributed by atoms with Gasteiger partial charge in [0.2, 0.25) is 5.91 Å². The number of benzene rings is 1. The number of esters is 2. The average Bonchev–Trinajstić information content (AvgIpc) is 2.91. The monoisotopic (exact) mass is 559 g/mol. The van der Waals surface area contributed by atoms with Crippen LogP contribution in [0, 0.1) is 5.92 Å². The first-order chi connectivity index (χ1) is 17.1. The summed E-state index contributed by atoms with van der Waals surface area (Å²) in [6, 6.07) is 6.57. The Bertz CT molecular complexity index is 852. The van der Waals surface area contributed by atoms with Gasteiger partial charge in [0.15, 0.2) is 0 Å². The van der Waals surface area contributed by atoms with Crippen LogP contribution in [0.4, 0.5) is 0 Å². The fraction of sp³-hybridized carbons (Fsp3) is 0.654. The summed E-state index contributed by atoms with van der Waals surface area (Å²) in [5.74, 6) is 0.0588. The highest BCUT2D eigenvalue weighted by atomic mass is 35.5. The minimum absolute atomic E-state index is 0. The molecule has 1 aliphatic carbocycles. The van der Waals surface area contributed by atoms with E-state index >= 15 is 0 Å². The second kappa shape index (κ2) is 16.1. The number of nitrogens with zero attached hydrogens (tertiary/aromatic N) is 3. The number of ether oxygens (including phenoxy) is 3. The number of morpholine rings is 1. The first-order valence-corrected chi connectivity index (χ1v) is 12.9. The van der Waals surface area contributed by atoms with E-state index in [1.807, 2.05) is 4.90 Å². The fourth-order valence-corrected chi connectivity index (χ4v) is 4.82. The third-order valence-electron chi connectivity index (χ3n) is 7.08. The summed E-state index contributed by atoms with van der Waals surface area (Å²) >= 11 is 0. The van der Waals surface area contributed by atoms with Crippen molar-refractivity contribution in [3.8, 4) is 5.75 Å². The highest BCUT2D eigenvalue weighted by molar-refractivity contribution is 5.89. The van der Waals surface area contributed by atoms with Crippen LogP contribution in [-0.2, 0) is 19.1 Å². The molecule has 4 rings (SSSR count). The molecule has 0 aromatic heterocycles. The lowest BCUT2D eigenvalue weighted by Crippen LogP contribution is -2.52. The molecule has 1 aromatic rings. The Morgan fingerprint density at radius 1 is 0.838 bits per heavy atom. The average molecular weight is 561 g/mol. The summed E-state index contributed by atoms with van der Waals surface area (Å²) in [6.45, 7) is 7.36. The molecule has 2 saturated heterocycles. The van der Waals surface area contributed by atoms with Gasteiger partial charge >= 0.3 is 11.9 Å². The molecular weight excluding hydrogens is 521 g/mol. The first-order valence-electron chi connectivity index (χ1n) is 12.9. The summed E-state index contributed by atoms with van der Waals surface area (Å²) in [6.07, 6.45) is 5.13. The maximum Gasteiger partial charge on any atom is 0.338 e. The van der Waals surface area contributed by atoms with Gasteiger partial charge in [0.05, 0.1) is 31.2 Å². The van der Waals surface area contributed by atoms with Gasteiger partial charge in [-0.15, -0.1) is 24.8 Å². The molecule has 2 heterocycles. The largest absolute Gasteiger partial charge is 0.461 e. The van der Waals surface area contributed by atoms with Crippen molar-refractivity contribution in [2.45, 2.75) is 32.1 Å². The van der Waals surface area contributed by atoms with Crippen LogP contribution in [-0.4, -0.2) is 105 Å². The predicted octanol–water partition coefficient (Wildman–Crippen LogP) is 2.65. The minimum atomic E-state index is -0.384. The molecule has 1 aromatic carbocycles. The molecule has 9 nitrogen and oxygen atoms in total. The highest BCUT2D eigenvalue weighted by Gasteiger charge is 2.24. The Morgan fingerprint density at radius 3 is 2.11 bits per heavy atom. The van der Waals surface area contributed by atoms with Gasteiger partial charge in [-0.3, -0.25) is 19.4 Å². The SMILES string of the molecule is Cl.Cl.O=C(OCCN1CCN(CC(=O)N2CCOCC2)CC1)c1ccc(OC(=O)C2CCCCC2)cc1. The van der Waals surface area contributed by atoms with E-state index in [4.69, 9.17) is 14.2 Å². The van der Waals surface area contributed by atoms with Crippen molar-refractivity contribution < 1.29 is 28.6 Å². The lowest BCUT2D eigenvalue weighted by Gasteiger charge is -2.35. The minimum Gasteiger partial charge on any atom is -0.461 e. The van der Waals surface area contributed by atoms with E-state index in [1.165, 1.54) is 6.42 Å². The Morgan fingerprint density at radius 2 is 1.46 bits per heavy atom. The van der Waals surface area contributed by atoms with Gasteiger partial charge in [0.1, 0.15) is 12.4 Å². The number of carbonyl (C=O) groups is 3. The summed E-state index contributed by atoms with van der Waals surface area (Å²) in [7, 11) is 0. The van der Waals surface area contributed by atoms with E-state index in [2.05, 4.69) is 9.80 Å². The lowest BCUT2D eigenvalue weighted by molar-refractivity contribution is -0.140. The van der Waals surface area contributed by atoms with Gasteiger partial charge in [-0.05, 0) is 37.1 Å². The van der Waals surface area contributed by atoms with Gasteiger partial charge in [-0.1, -0.05) is 19.3 Å². The molecule has 2 aliphatic heterocycles. The van der Waals surface area contributed by atoms with Crippen molar-refractivity contribution in [1.29, 1.82) is 0 Å². The molecule has 1 saturated carbocycles. The van der Waals surface area contributed by atoms with E-state index in [1.54, 1.807) is 24.3 Å². The van der Waals surface area contributed by atoms with Gasteiger partial charge in [-0.25, -0.2) is 4.79 Å². The molecule has 3 fully saturated rings. The summed E-state index contributed by atoms with van der Waals surface area (Å²) in [4.78, 5) is 43.4. The summed E-state index contributed by atoms with van der Waals surface area (Å²) < 4.78 is 16.2. The van der Waals surface area contributed by atoms with Crippen LogP contribution in [0.3, 0.4) is 0 Å². The van der Waals surface area contributed by atoms with Crippen LogP contribution >= 0.6 is 24.8 Å². The second-order valence-electron chi connectivity index (χ2n) is 9.53. The van der Waals surface area contributed by atoms with Crippen LogP contribution in [0.1, 0.15) is 42.5 Å². The Balaban J connectivity index is 0.00000241. The topological polar surface area (TPSA) is 88.6 Å². The molecule has 1 amide bonds. The first kappa shape index (κ1) is 31.3. The maximum absolute atomic E-state index is 12.4.